The highest BCUT2D eigenvalue weighted by atomic mass is 16.7. The number of rotatable bonds is 3. The highest BCUT2D eigenvalue weighted by Gasteiger charge is 2.78. The Hall–Kier alpha value is -1.39. The van der Waals surface area contributed by atoms with Gasteiger partial charge in [0.25, 0.3) is 0 Å². The summed E-state index contributed by atoms with van der Waals surface area (Å²) in [4.78, 5) is 18.5. The van der Waals surface area contributed by atoms with Crippen molar-refractivity contribution in [2.45, 2.75) is 43.9 Å². The number of esters is 1. The predicted octanol–water partition coefficient (Wildman–Crippen LogP) is 2.29. The van der Waals surface area contributed by atoms with Crippen LogP contribution in [-0.2, 0) is 20.9 Å². The molecule has 106 valence electrons. The van der Waals surface area contributed by atoms with Gasteiger partial charge in [0.1, 0.15) is 6.04 Å². The summed E-state index contributed by atoms with van der Waals surface area (Å²) < 4.78 is 5.04. The molecule has 1 unspecified atom stereocenters. The quantitative estimate of drug-likeness (QED) is 0.792. The van der Waals surface area contributed by atoms with E-state index in [9.17, 15) is 4.79 Å². The van der Waals surface area contributed by atoms with E-state index in [-0.39, 0.29) is 23.0 Å². The van der Waals surface area contributed by atoms with Gasteiger partial charge in [-0.15, -0.1) is 0 Å². The van der Waals surface area contributed by atoms with E-state index in [4.69, 9.17) is 9.57 Å². The van der Waals surface area contributed by atoms with E-state index >= 15 is 0 Å². The molecule has 3 aliphatic rings. The Morgan fingerprint density at radius 3 is 2.55 bits per heavy atom. The molecule has 2 spiro atoms. The van der Waals surface area contributed by atoms with E-state index in [0.29, 0.717) is 6.54 Å². The molecule has 3 fully saturated rings. The van der Waals surface area contributed by atoms with Crippen molar-refractivity contribution >= 4 is 5.97 Å². The smallest absolute Gasteiger partial charge is 0.326 e. The van der Waals surface area contributed by atoms with Crippen LogP contribution in [0, 0.1) is 5.41 Å². The Labute approximate surface area is 118 Å². The van der Waals surface area contributed by atoms with Crippen molar-refractivity contribution in [3.05, 3.63) is 35.9 Å². The summed E-state index contributed by atoms with van der Waals surface area (Å²) in [6, 6.07) is 9.91. The van der Waals surface area contributed by atoms with Crippen LogP contribution in [0.15, 0.2) is 30.3 Å². The van der Waals surface area contributed by atoms with Crippen LogP contribution in [-0.4, -0.2) is 29.8 Å². The third kappa shape index (κ3) is 1.58. The lowest BCUT2D eigenvalue weighted by Gasteiger charge is -2.23. The molecule has 20 heavy (non-hydrogen) atoms. The molecule has 0 amide bonds. The van der Waals surface area contributed by atoms with Gasteiger partial charge >= 0.3 is 5.97 Å². The molecule has 1 heterocycles. The fraction of sp³-hybridized carbons (Fsp3) is 0.562. The van der Waals surface area contributed by atoms with Crippen LogP contribution in [0.1, 0.15) is 31.2 Å². The Morgan fingerprint density at radius 2 is 2.00 bits per heavy atom. The van der Waals surface area contributed by atoms with E-state index in [1.807, 2.05) is 23.3 Å². The van der Waals surface area contributed by atoms with E-state index in [1.54, 1.807) is 0 Å². The zero-order chi connectivity index (χ0) is 13.8. The first-order valence-electron chi connectivity index (χ1n) is 7.28. The molecule has 4 nitrogen and oxygen atoms in total. The summed E-state index contributed by atoms with van der Waals surface area (Å²) in [7, 11) is 1.47. The summed E-state index contributed by atoms with van der Waals surface area (Å²) in [6.07, 6.45) is 4.31. The first kappa shape index (κ1) is 12.4. The third-order valence-electron chi connectivity index (χ3n) is 5.11. The van der Waals surface area contributed by atoms with Gasteiger partial charge in [0.05, 0.1) is 19.3 Å². The molecule has 1 aromatic rings. The standard InChI is InChI=1S/C16H19NO3/c1-19-14(18)13-15(7-8-15)16(9-10-16)20-17(13)11-12-5-3-2-4-6-12/h2-6,13H,7-11H2,1H3. The van der Waals surface area contributed by atoms with Gasteiger partial charge in [-0.2, -0.15) is 5.06 Å². The number of hydrogen-bond donors (Lipinski definition) is 0. The van der Waals surface area contributed by atoms with Gasteiger partial charge in [0, 0.05) is 5.41 Å². The van der Waals surface area contributed by atoms with Crippen LogP contribution in [0.4, 0.5) is 0 Å². The average molecular weight is 273 g/mol. The minimum Gasteiger partial charge on any atom is -0.468 e. The van der Waals surface area contributed by atoms with Gasteiger partial charge < -0.3 is 4.74 Å². The second-order valence-corrected chi connectivity index (χ2v) is 6.23. The van der Waals surface area contributed by atoms with Crippen molar-refractivity contribution in [1.29, 1.82) is 0 Å². The fourth-order valence-electron chi connectivity index (χ4n) is 3.80. The third-order valence-corrected chi connectivity index (χ3v) is 5.11. The molecule has 1 atom stereocenters. The summed E-state index contributed by atoms with van der Waals surface area (Å²) in [5.41, 5.74) is 1.12. The highest BCUT2D eigenvalue weighted by Crippen LogP contribution is 2.72. The van der Waals surface area contributed by atoms with Crippen LogP contribution in [0.25, 0.3) is 0 Å². The van der Waals surface area contributed by atoms with Gasteiger partial charge in [-0.1, -0.05) is 30.3 Å². The molecule has 0 bridgehead atoms. The maximum absolute atomic E-state index is 12.2. The molecule has 0 radical (unpaired) electrons. The Morgan fingerprint density at radius 1 is 1.30 bits per heavy atom. The molecule has 1 saturated heterocycles. The second-order valence-electron chi connectivity index (χ2n) is 6.23. The first-order chi connectivity index (χ1) is 9.71. The van der Waals surface area contributed by atoms with Crippen LogP contribution >= 0.6 is 0 Å². The maximum Gasteiger partial charge on any atom is 0.326 e. The Bertz CT molecular complexity index is 534. The van der Waals surface area contributed by atoms with Crippen LogP contribution < -0.4 is 0 Å². The lowest BCUT2D eigenvalue weighted by atomic mass is 9.89. The van der Waals surface area contributed by atoms with Crippen LogP contribution in [0.2, 0.25) is 0 Å². The van der Waals surface area contributed by atoms with Gasteiger partial charge in [0.15, 0.2) is 0 Å². The SMILES string of the molecule is COC(=O)C1N(Cc2ccccc2)OC2(CC2)C12CC2. The largest absolute Gasteiger partial charge is 0.468 e. The molecule has 0 aromatic heterocycles. The molecule has 2 saturated carbocycles. The molecule has 0 N–H and O–H groups in total. The van der Waals surface area contributed by atoms with Crippen molar-refractivity contribution in [2.75, 3.05) is 7.11 Å². The number of hydrogen-bond acceptors (Lipinski definition) is 4. The summed E-state index contributed by atoms with van der Waals surface area (Å²) in [6.45, 7) is 0.643. The molecule has 2 aliphatic carbocycles. The molecule has 1 aliphatic heterocycles. The summed E-state index contributed by atoms with van der Waals surface area (Å²) >= 11 is 0. The predicted molar refractivity (Wildman–Crippen MR) is 72.5 cm³/mol. The lowest BCUT2D eigenvalue weighted by molar-refractivity contribution is -0.191. The number of carbonyl (C=O) groups is 1. The van der Waals surface area contributed by atoms with Gasteiger partial charge in [-0.25, -0.2) is 0 Å². The van der Waals surface area contributed by atoms with Gasteiger partial charge in [-0.05, 0) is 31.2 Å². The number of methoxy groups -OCH3 is 1. The molecular formula is C16H19NO3. The highest BCUT2D eigenvalue weighted by molar-refractivity contribution is 5.78. The van der Waals surface area contributed by atoms with Crippen molar-refractivity contribution < 1.29 is 14.4 Å². The van der Waals surface area contributed by atoms with E-state index in [1.165, 1.54) is 7.11 Å². The van der Waals surface area contributed by atoms with E-state index in [2.05, 4.69) is 12.1 Å². The van der Waals surface area contributed by atoms with Crippen molar-refractivity contribution in [3.63, 3.8) is 0 Å². The monoisotopic (exact) mass is 273 g/mol. The maximum atomic E-state index is 12.2. The number of nitrogens with zero attached hydrogens (tertiary/aromatic N) is 1. The Balaban J connectivity index is 1.63. The summed E-state index contributed by atoms with van der Waals surface area (Å²) in [5.74, 6) is -0.151. The van der Waals surface area contributed by atoms with Gasteiger partial charge in [-0.3, -0.25) is 9.63 Å². The first-order valence-corrected chi connectivity index (χ1v) is 7.28. The zero-order valence-corrected chi connectivity index (χ0v) is 11.7. The minimum atomic E-state index is -0.241. The Kier molecular flexibility index (Phi) is 2.51. The van der Waals surface area contributed by atoms with Crippen molar-refractivity contribution in [1.82, 2.24) is 5.06 Å². The second kappa shape index (κ2) is 4.06. The topological polar surface area (TPSA) is 38.8 Å². The van der Waals surface area contributed by atoms with E-state index < -0.39 is 0 Å². The molecular weight excluding hydrogens is 254 g/mol. The number of carbonyl (C=O) groups excluding carboxylic acids is 1. The molecule has 1 aromatic carbocycles. The van der Waals surface area contributed by atoms with Crippen LogP contribution in [0.3, 0.4) is 0 Å². The van der Waals surface area contributed by atoms with E-state index in [0.717, 1.165) is 31.2 Å². The zero-order valence-electron chi connectivity index (χ0n) is 11.7. The number of ether oxygens (including phenoxy) is 1. The molecule has 4 heteroatoms. The normalized spacial score (nSPS) is 28.8. The van der Waals surface area contributed by atoms with Crippen molar-refractivity contribution in [3.8, 4) is 0 Å². The van der Waals surface area contributed by atoms with Crippen LogP contribution in [0.5, 0.6) is 0 Å². The lowest BCUT2D eigenvalue weighted by Crippen LogP contribution is -2.41. The number of fused-ring (bicyclic) bond motifs is 1. The fourth-order valence-corrected chi connectivity index (χ4v) is 3.80. The summed E-state index contributed by atoms with van der Waals surface area (Å²) in [5, 5.41) is 1.88. The van der Waals surface area contributed by atoms with Gasteiger partial charge in [0.2, 0.25) is 0 Å². The van der Waals surface area contributed by atoms with Crippen molar-refractivity contribution in [2.24, 2.45) is 5.41 Å². The minimum absolute atomic E-state index is 0.0227. The number of hydroxylamine groups is 2. The average Bonchev–Trinajstić information content (AvgIpc) is 3.33. The molecule has 4 rings (SSSR count). The number of benzene rings is 1.